The summed E-state index contributed by atoms with van der Waals surface area (Å²) in [4.78, 5) is 26.3. The highest BCUT2D eigenvalue weighted by Gasteiger charge is 2.33. The van der Waals surface area contributed by atoms with Crippen molar-refractivity contribution in [2.45, 2.75) is 39.0 Å². The Kier molecular flexibility index (Phi) is 5.84. The topological polar surface area (TPSA) is 58.6 Å². The summed E-state index contributed by atoms with van der Waals surface area (Å²) in [5.41, 5.74) is 1.01. The standard InChI is InChI=1S/C19H25ClN2O3/c1-2-25-19(24)21-15-7-8-16(17(20)11-15)18(23)22-10-9-13-5-3-4-6-14(13)12-22/h7-8,11,13-14H,2-6,9-10,12H2,1H3,(H,21,24)/t13-,14+/m1/s1. The molecule has 0 aromatic heterocycles. The fourth-order valence-electron chi connectivity index (χ4n) is 4.01. The Labute approximate surface area is 153 Å². The first-order valence-corrected chi connectivity index (χ1v) is 9.49. The van der Waals surface area contributed by atoms with E-state index in [0.717, 1.165) is 25.4 Å². The van der Waals surface area contributed by atoms with Gasteiger partial charge in [0.2, 0.25) is 0 Å². The minimum atomic E-state index is -0.531. The van der Waals surface area contributed by atoms with Crippen LogP contribution in [-0.2, 0) is 4.74 Å². The van der Waals surface area contributed by atoms with Gasteiger partial charge in [-0.1, -0.05) is 30.9 Å². The summed E-state index contributed by atoms with van der Waals surface area (Å²) in [5, 5.41) is 2.95. The molecule has 2 aliphatic rings. The number of halogens is 1. The first-order valence-electron chi connectivity index (χ1n) is 9.11. The van der Waals surface area contributed by atoms with Crippen LogP contribution < -0.4 is 5.32 Å². The van der Waals surface area contributed by atoms with Crippen molar-refractivity contribution in [2.24, 2.45) is 11.8 Å². The normalized spacial score (nSPS) is 22.9. The number of likely N-dealkylation sites (tertiary alicyclic amines) is 1. The van der Waals surface area contributed by atoms with Crippen molar-refractivity contribution in [1.82, 2.24) is 4.90 Å². The molecule has 1 heterocycles. The number of amides is 2. The summed E-state index contributed by atoms with van der Waals surface area (Å²) in [5.74, 6) is 1.40. The van der Waals surface area contributed by atoms with E-state index >= 15 is 0 Å². The first kappa shape index (κ1) is 18.1. The zero-order chi connectivity index (χ0) is 17.8. The molecule has 1 N–H and O–H groups in total. The van der Waals surface area contributed by atoms with Crippen LogP contribution in [0.25, 0.3) is 0 Å². The van der Waals surface area contributed by atoms with Gasteiger partial charge >= 0.3 is 6.09 Å². The van der Waals surface area contributed by atoms with Gasteiger partial charge in [0.25, 0.3) is 5.91 Å². The Hall–Kier alpha value is -1.75. The molecule has 6 heteroatoms. The summed E-state index contributed by atoms with van der Waals surface area (Å²) in [6, 6.07) is 4.96. The van der Waals surface area contributed by atoms with Gasteiger partial charge in [0.15, 0.2) is 0 Å². The molecule has 1 aliphatic heterocycles. The smallest absolute Gasteiger partial charge is 0.411 e. The van der Waals surface area contributed by atoms with E-state index in [9.17, 15) is 9.59 Å². The number of anilines is 1. The summed E-state index contributed by atoms with van der Waals surface area (Å²) in [6.07, 6.45) is 5.70. The summed E-state index contributed by atoms with van der Waals surface area (Å²) < 4.78 is 4.84. The van der Waals surface area contributed by atoms with E-state index in [2.05, 4.69) is 5.32 Å². The number of carbonyl (C=O) groups excluding carboxylic acids is 2. The van der Waals surface area contributed by atoms with Crippen LogP contribution in [0.2, 0.25) is 5.02 Å². The van der Waals surface area contributed by atoms with Gasteiger partial charge in [0, 0.05) is 18.8 Å². The summed E-state index contributed by atoms with van der Waals surface area (Å²) in [6.45, 7) is 3.68. The van der Waals surface area contributed by atoms with Crippen molar-refractivity contribution in [3.63, 3.8) is 0 Å². The van der Waals surface area contributed by atoms with Crippen molar-refractivity contribution in [1.29, 1.82) is 0 Å². The molecule has 1 aliphatic carbocycles. The van der Waals surface area contributed by atoms with E-state index in [1.165, 1.54) is 25.7 Å². The SMILES string of the molecule is CCOC(=O)Nc1ccc(C(=O)N2CC[C@H]3CCCC[C@H]3C2)c(Cl)c1. The molecule has 2 fully saturated rings. The van der Waals surface area contributed by atoms with Gasteiger partial charge in [-0.05, 0) is 49.8 Å². The summed E-state index contributed by atoms with van der Waals surface area (Å²) >= 11 is 6.30. The number of piperidine rings is 1. The predicted octanol–water partition coefficient (Wildman–Crippen LogP) is 4.56. The van der Waals surface area contributed by atoms with E-state index in [-0.39, 0.29) is 5.91 Å². The van der Waals surface area contributed by atoms with E-state index in [0.29, 0.717) is 28.8 Å². The number of carbonyl (C=O) groups is 2. The fraction of sp³-hybridized carbons (Fsp3) is 0.579. The molecule has 136 valence electrons. The Balaban J connectivity index is 1.66. The van der Waals surface area contributed by atoms with Crippen LogP contribution in [0.4, 0.5) is 10.5 Å². The molecule has 1 aromatic rings. The number of ether oxygens (including phenoxy) is 1. The number of benzene rings is 1. The molecular formula is C19H25ClN2O3. The monoisotopic (exact) mass is 364 g/mol. The number of hydrogen-bond acceptors (Lipinski definition) is 3. The average molecular weight is 365 g/mol. The van der Waals surface area contributed by atoms with Crippen molar-refractivity contribution >= 4 is 29.3 Å². The van der Waals surface area contributed by atoms with Crippen molar-refractivity contribution in [3.05, 3.63) is 28.8 Å². The molecule has 5 nitrogen and oxygen atoms in total. The Morgan fingerprint density at radius 3 is 2.72 bits per heavy atom. The Morgan fingerprint density at radius 2 is 2.00 bits per heavy atom. The number of hydrogen-bond donors (Lipinski definition) is 1. The van der Waals surface area contributed by atoms with Crippen LogP contribution in [0.1, 0.15) is 49.4 Å². The molecular weight excluding hydrogens is 340 g/mol. The van der Waals surface area contributed by atoms with Gasteiger partial charge in [0.05, 0.1) is 17.2 Å². The minimum Gasteiger partial charge on any atom is -0.450 e. The van der Waals surface area contributed by atoms with Gasteiger partial charge in [-0.2, -0.15) is 0 Å². The lowest BCUT2D eigenvalue weighted by molar-refractivity contribution is 0.0521. The molecule has 0 radical (unpaired) electrons. The second-order valence-corrected chi connectivity index (χ2v) is 7.29. The van der Waals surface area contributed by atoms with E-state index in [4.69, 9.17) is 16.3 Å². The van der Waals surface area contributed by atoms with E-state index < -0.39 is 6.09 Å². The van der Waals surface area contributed by atoms with Gasteiger partial charge in [0.1, 0.15) is 0 Å². The molecule has 2 atom stereocenters. The van der Waals surface area contributed by atoms with Crippen molar-refractivity contribution in [2.75, 3.05) is 25.0 Å². The molecule has 1 aromatic carbocycles. The summed E-state index contributed by atoms with van der Waals surface area (Å²) in [7, 11) is 0. The lowest BCUT2D eigenvalue weighted by Gasteiger charge is -2.41. The highest BCUT2D eigenvalue weighted by molar-refractivity contribution is 6.34. The van der Waals surface area contributed by atoms with Crippen LogP contribution in [-0.4, -0.2) is 36.6 Å². The van der Waals surface area contributed by atoms with Crippen LogP contribution in [0, 0.1) is 11.8 Å². The van der Waals surface area contributed by atoms with Crippen molar-refractivity contribution < 1.29 is 14.3 Å². The third-order valence-electron chi connectivity index (χ3n) is 5.30. The zero-order valence-electron chi connectivity index (χ0n) is 14.6. The lowest BCUT2D eigenvalue weighted by Crippen LogP contribution is -2.44. The molecule has 2 amide bonds. The molecule has 1 saturated heterocycles. The fourth-order valence-corrected chi connectivity index (χ4v) is 4.27. The van der Waals surface area contributed by atoms with Gasteiger partial charge in [-0.3, -0.25) is 10.1 Å². The Bertz CT molecular complexity index is 650. The molecule has 0 bridgehead atoms. The highest BCUT2D eigenvalue weighted by Crippen LogP contribution is 2.36. The van der Waals surface area contributed by atoms with Crippen LogP contribution in [0.15, 0.2) is 18.2 Å². The number of rotatable bonds is 3. The third-order valence-corrected chi connectivity index (χ3v) is 5.61. The minimum absolute atomic E-state index is 0.0169. The maximum absolute atomic E-state index is 12.9. The maximum Gasteiger partial charge on any atom is 0.411 e. The van der Waals surface area contributed by atoms with Gasteiger partial charge < -0.3 is 9.64 Å². The zero-order valence-corrected chi connectivity index (χ0v) is 15.3. The highest BCUT2D eigenvalue weighted by atomic mass is 35.5. The molecule has 25 heavy (non-hydrogen) atoms. The molecule has 0 spiro atoms. The second kappa shape index (κ2) is 8.09. The number of nitrogens with one attached hydrogen (secondary N) is 1. The predicted molar refractivity (Wildman–Crippen MR) is 98.1 cm³/mol. The Morgan fingerprint density at radius 1 is 1.24 bits per heavy atom. The van der Waals surface area contributed by atoms with Gasteiger partial charge in [-0.15, -0.1) is 0 Å². The first-order chi connectivity index (χ1) is 12.1. The largest absolute Gasteiger partial charge is 0.450 e. The molecule has 0 unspecified atom stereocenters. The maximum atomic E-state index is 12.9. The van der Waals surface area contributed by atoms with Crippen LogP contribution in [0.3, 0.4) is 0 Å². The van der Waals surface area contributed by atoms with E-state index in [1.54, 1.807) is 25.1 Å². The van der Waals surface area contributed by atoms with Crippen LogP contribution >= 0.6 is 11.6 Å². The average Bonchev–Trinajstić information content (AvgIpc) is 2.61. The molecule has 3 rings (SSSR count). The number of nitrogens with zero attached hydrogens (tertiary/aromatic N) is 1. The third kappa shape index (κ3) is 4.27. The molecule has 1 saturated carbocycles. The quantitative estimate of drug-likeness (QED) is 0.855. The van der Waals surface area contributed by atoms with E-state index in [1.807, 2.05) is 4.90 Å². The number of fused-ring (bicyclic) bond motifs is 1. The van der Waals surface area contributed by atoms with Gasteiger partial charge in [-0.25, -0.2) is 4.79 Å². The van der Waals surface area contributed by atoms with Crippen LogP contribution in [0.5, 0.6) is 0 Å². The second-order valence-electron chi connectivity index (χ2n) is 6.88. The lowest BCUT2D eigenvalue weighted by atomic mass is 9.75. The van der Waals surface area contributed by atoms with Crippen molar-refractivity contribution in [3.8, 4) is 0 Å².